The maximum atomic E-state index is 12.5. The quantitative estimate of drug-likeness (QED) is 0.891. The first kappa shape index (κ1) is 17.1. The molecule has 26 heavy (non-hydrogen) atoms. The Balaban J connectivity index is 1.44. The highest BCUT2D eigenvalue weighted by Gasteiger charge is 2.34. The number of hydrogen-bond acceptors (Lipinski definition) is 6. The fourth-order valence-electron chi connectivity index (χ4n) is 3.39. The van der Waals surface area contributed by atoms with E-state index >= 15 is 0 Å². The summed E-state index contributed by atoms with van der Waals surface area (Å²) in [6, 6.07) is 7.86. The van der Waals surface area contributed by atoms with Crippen LogP contribution in [0.15, 0.2) is 24.3 Å². The second-order valence-corrected chi connectivity index (χ2v) is 7.64. The monoisotopic (exact) mass is 372 g/mol. The summed E-state index contributed by atoms with van der Waals surface area (Å²) < 4.78 is 5.37. The van der Waals surface area contributed by atoms with Gasteiger partial charge in [-0.15, -0.1) is 10.2 Å². The maximum Gasteiger partial charge on any atom is 0.255 e. The van der Waals surface area contributed by atoms with Gasteiger partial charge in [-0.05, 0) is 31.4 Å². The first-order valence-corrected chi connectivity index (χ1v) is 9.55. The summed E-state index contributed by atoms with van der Waals surface area (Å²) in [5.41, 5.74) is 2.01. The van der Waals surface area contributed by atoms with Crippen molar-refractivity contribution in [3.05, 3.63) is 34.8 Å². The molecule has 0 aliphatic carbocycles. The van der Waals surface area contributed by atoms with Gasteiger partial charge in [-0.3, -0.25) is 14.9 Å². The van der Waals surface area contributed by atoms with E-state index in [4.69, 9.17) is 4.74 Å². The Morgan fingerprint density at radius 3 is 2.96 bits per heavy atom. The van der Waals surface area contributed by atoms with Crippen molar-refractivity contribution in [3.63, 3.8) is 0 Å². The smallest absolute Gasteiger partial charge is 0.255 e. The molecule has 136 valence electrons. The Labute approximate surface area is 155 Å². The minimum absolute atomic E-state index is 0.00649. The molecule has 3 heterocycles. The Morgan fingerprint density at radius 2 is 2.19 bits per heavy atom. The van der Waals surface area contributed by atoms with Gasteiger partial charge in [0.1, 0.15) is 11.1 Å². The standard InChI is InChI=1S/C18H20N4O3S/c1-11-5-2-3-6-13(11)22-10-12(9-15(22)23)17-20-21-18(26-17)19-16(24)14-7-4-8-25-14/h2-3,5-6,12,14H,4,7-10H2,1H3,(H,19,21,24)/t12-,14+/m1/s1. The number of hydrogen-bond donors (Lipinski definition) is 1. The number of ether oxygens (including phenoxy) is 1. The van der Waals surface area contributed by atoms with Gasteiger partial charge >= 0.3 is 0 Å². The molecule has 2 atom stereocenters. The fraction of sp³-hybridized carbons (Fsp3) is 0.444. The van der Waals surface area contributed by atoms with Crippen LogP contribution in [0.1, 0.15) is 35.8 Å². The van der Waals surface area contributed by atoms with Gasteiger partial charge < -0.3 is 9.64 Å². The summed E-state index contributed by atoms with van der Waals surface area (Å²) >= 11 is 1.33. The van der Waals surface area contributed by atoms with Gasteiger partial charge in [0.2, 0.25) is 11.0 Å². The summed E-state index contributed by atoms with van der Waals surface area (Å²) in [6.45, 7) is 3.20. The summed E-state index contributed by atoms with van der Waals surface area (Å²) in [7, 11) is 0. The van der Waals surface area contributed by atoms with E-state index in [9.17, 15) is 9.59 Å². The van der Waals surface area contributed by atoms with Gasteiger partial charge in [0.05, 0.1) is 0 Å². The van der Waals surface area contributed by atoms with Gasteiger partial charge in [-0.25, -0.2) is 0 Å². The molecule has 7 nitrogen and oxygen atoms in total. The lowest BCUT2D eigenvalue weighted by Gasteiger charge is -2.18. The number of aryl methyl sites for hydroxylation is 1. The third kappa shape index (κ3) is 3.34. The van der Waals surface area contributed by atoms with E-state index in [0.29, 0.717) is 24.7 Å². The minimum atomic E-state index is -0.396. The van der Waals surface area contributed by atoms with Crippen molar-refractivity contribution in [2.45, 2.75) is 38.2 Å². The fourth-order valence-corrected chi connectivity index (χ4v) is 4.23. The minimum Gasteiger partial charge on any atom is -0.368 e. The van der Waals surface area contributed by atoms with E-state index in [1.807, 2.05) is 36.1 Å². The molecule has 2 aromatic rings. The van der Waals surface area contributed by atoms with Gasteiger partial charge in [0, 0.05) is 31.2 Å². The lowest BCUT2D eigenvalue weighted by Crippen LogP contribution is -2.26. The molecule has 0 radical (unpaired) electrons. The molecule has 2 aliphatic heterocycles. The van der Waals surface area contributed by atoms with Crippen LogP contribution >= 0.6 is 11.3 Å². The van der Waals surface area contributed by atoms with Crippen LogP contribution in [0, 0.1) is 6.92 Å². The third-order valence-electron chi connectivity index (χ3n) is 4.77. The van der Waals surface area contributed by atoms with Crippen molar-refractivity contribution < 1.29 is 14.3 Å². The molecule has 0 saturated carbocycles. The molecular formula is C18H20N4O3S. The van der Waals surface area contributed by atoms with Crippen LogP contribution < -0.4 is 10.2 Å². The van der Waals surface area contributed by atoms with Gasteiger partial charge in [-0.1, -0.05) is 29.5 Å². The number of nitrogens with one attached hydrogen (secondary N) is 1. The Morgan fingerprint density at radius 1 is 1.35 bits per heavy atom. The molecule has 0 bridgehead atoms. The highest BCUT2D eigenvalue weighted by Crippen LogP contribution is 2.35. The SMILES string of the molecule is Cc1ccccc1N1C[C@H](c2nnc(NC(=O)[C@@H]3CCCO3)s2)CC1=O. The molecule has 2 amide bonds. The van der Waals surface area contributed by atoms with Crippen molar-refractivity contribution in [2.24, 2.45) is 0 Å². The molecule has 1 N–H and O–H groups in total. The van der Waals surface area contributed by atoms with E-state index < -0.39 is 6.10 Å². The van der Waals surface area contributed by atoms with Crippen molar-refractivity contribution in [1.82, 2.24) is 10.2 Å². The van der Waals surface area contributed by atoms with Crippen LogP contribution in [-0.4, -0.2) is 41.3 Å². The molecule has 0 spiro atoms. The molecule has 2 saturated heterocycles. The second kappa shape index (κ2) is 7.13. The summed E-state index contributed by atoms with van der Waals surface area (Å²) in [5.74, 6) is -0.0911. The van der Waals surface area contributed by atoms with E-state index in [2.05, 4.69) is 15.5 Å². The highest BCUT2D eigenvalue weighted by atomic mass is 32.1. The number of carbonyl (C=O) groups excluding carboxylic acids is 2. The van der Waals surface area contributed by atoms with Crippen molar-refractivity contribution in [3.8, 4) is 0 Å². The molecular weight excluding hydrogens is 352 g/mol. The molecule has 2 aliphatic rings. The van der Waals surface area contributed by atoms with E-state index in [0.717, 1.165) is 29.1 Å². The lowest BCUT2D eigenvalue weighted by atomic mass is 10.1. The van der Waals surface area contributed by atoms with Crippen LogP contribution in [0.2, 0.25) is 0 Å². The van der Waals surface area contributed by atoms with E-state index in [1.165, 1.54) is 11.3 Å². The van der Waals surface area contributed by atoms with Crippen molar-refractivity contribution >= 4 is 34.0 Å². The molecule has 1 aromatic carbocycles. The van der Waals surface area contributed by atoms with Gasteiger partial charge in [0.25, 0.3) is 5.91 Å². The number of amides is 2. The van der Waals surface area contributed by atoms with Crippen molar-refractivity contribution in [2.75, 3.05) is 23.4 Å². The lowest BCUT2D eigenvalue weighted by molar-refractivity contribution is -0.124. The number of aromatic nitrogens is 2. The van der Waals surface area contributed by atoms with Crippen LogP contribution in [0.25, 0.3) is 0 Å². The zero-order chi connectivity index (χ0) is 18.1. The molecule has 0 unspecified atom stereocenters. The summed E-state index contributed by atoms with van der Waals surface area (Å²) in [6.07, 6.45) is 1.65. The number of carbonyl (C=O) groups is 2. The first-order chi connectivity index (χ1) is 12.6. The normalized spacial score (nSPS) is 22.8. The number of anilines is 2. The molecule has 4 rings (SSSR count). The Kier molecular flexibility index (Phi) is 4.69. The van der Waals surface area contributed by atoms with Crippen LogP contribution in [-0.2, 0) is 14.3 Å². The topological polar surface area (TPSA) is 84.4 Å². The predicted octanol–water partition coefficient (Wildman–Crippen LogP) is 2.48. The van der Waals surface area contributed by atoms with Crippen molar-refractivity contribution in [1.29, 1.82) is 0 Å². The zero-order valence-electron chi connectivity index (χ0n) is 14.5. The average molecular weight is 372 g/mol. The molecule has 2 fully saturated rings. The predicted molar refractivity (Wildman–Crippen MR) is 98.4 cm³/mol. The van der Waals surface area contributed by atoms with Crippen LogP contribution in [0.3, 0.4) is 0 Å². The molecule has 1 aromatic heterocycles. The maximum absolute atomic E-state index is 12.5. The van der Waals surface area contributed by atoms with Gasteiger partial charge in [0.15, 0.2) is 0 Å². The zero-order valence-corrected chi connectivity index (χ0v) is 15.3. The van der Waals surface area contributed by atoms with Gasteiger partial charge in [-0.2, -0.15) is 0 Å². The summed E-state index contributed by atoms with van der Waals surface area (Å²) in [4.78, 5) is 26.4. The average Bonchev–Trinajstić information content (AvgIpc) is 3.36. The largest absolute Gasteiger partial charge is 0.368 e. The van der Waals surface area contributed by atoms with E-state index in [-0.39, 0.29) is 17.7 Å². The van der Waals surface area contributed by atoms with E-state index in [1.54, 1.807) is 0 Å². The Hall–Kier alpha value is -2.32. The third-order valence-corrected chi connectivity index (χ3v) is 5.77. The number of para-hydroxylation sites is 1. The van der Waals surface area contributed by atoms with Crippen LogP contribution in [0.4, 0.5) is 10.8 Å². The molecule has 8 heteroatoms. The number of rotatable bonds is 4. The number of benzene rings is 1. The first-order valence-electron chi connectivity index (χ1n) is 8.73. The van der Waals surface area contributed by atoms with Crippen LogP contribution in [0.5, 0.6) is 0 Å². The number of nitrogens with zero attached hydrogens (tertiary/aromatic N) is 3. The Bertz CT molecular complexity index is 831. The second-order valence-electron chi connectivity index (χ2n) is 6.63. The summed E-state index contributed by atoms with van der Waals surface area (Å²) in [5, 5.41) is 12.3. The highest BCUT2D eigenvalue weighted by molar-refractivity contribution is 7.15.